The van der Waals surface area contributed by atoms with Crippen molar-refractivity contribution in [2.45, 2.75) is 25.3 Å². The minimum absolute atomic E-state index is 0.00817. The third-order valence-electron chi connectivity index (χ3n) is 5.49. The topological polar surface area (TPSA) is 73.5 Å². The molecule has 0 unspecified atom stereocenters. The molecule has 2 bridgehead atoms. The highest BCUT2D eigenvalue weighted by molar-refractivity contribution is 7.88. The first-order valence-electron chi connectivity index (χ1n) is 8.71. The van der Waals surface area contributed by atoms with Crippen molar-refractivity contribution in [1.29, 1.82) is 0 Å². The Hall–Kier alpha value is -1.86. The second kappa shape index (κ2) is 6.14. The summed E-state index contributed by atoms with van der Waals surface area (Å²) in [5.74, 6) is 0.329. The molecule has 3 aliphatic rings. The molecule has 6 nitrogen and oxygen atoms in total. The number of aromatic nitrogens is 1. The van der Waals surface area contributed by atoms with Crippen LogP contribution >= 0.6 is 0 Å². The highest BCUT2D eigenvalue weighted by Gasteiger charge is 2.39. The Morgan fingerprint density at radius 2 is 2.00 bits per heavy atom. The highest BCUT2D eigenvalue weighted by atomic mass is 32.2. The molecule has 3 fully saturated rings. The molecular weight excluding hydrogens is 338 g/mol. The fourth-order valence-corrected chi connectivity index (χ4v) is 5.08. The number of nitrogens with zero attached hydrogens (tertiary/aromatic N) is 2. The standard InChI is InChI=1S/C18H23N3O3S/c1-25(23,24)20-10-13-6-7-15(12-20)21(11-13)18(22)8-14-9-19-17-5-3-2-4-16(14)17/h2-5,9,13,15,19H,6-8,10-12H2,1H3/t13-,15+/m0/s1. The summed E-state index contributed by atoms with van der Waals surface area (Å²) in [6.07, 6.45) is 5.40. The van der Waals surface area contributed by atoms with Gasteiger partial charge in [0.05, 0.1) is 12.7 Å². The van der Waals surface area contributed by atoms with Gasteiger partial charge in [-0.05, 0) is 30.4 Å². The third kappa shape index (κ3) is 3.18. The molecule has 1 aromatic carbocycles. The van der Waals surface area contributed by atoms with Gasteiger partial charge < -0.3 is 9.88 Å². The molecular formula is C18H23N3O3S. The summed E-state index contributed by atoms with van der Waals surface area (Å²) < 4.78 is 25.5. The number of aromatic amines is 1. The number of hydrogen-bond acceptors (Lipinski definition) is 3. The molecule has 134 valence electrons. The number of amides is 1. The predicted octanol–water partition coefficient (Wildman–Crippen LogP) is 1.59. The molecule has 1 N–H and O–H groups in total. The number of hydrogen-bond donors (Lipinski definition) is 1. The number of sulfonamides is 1. The summed E-state index contributed by atoms with van der Waals surface area (Å²) in [6.45, 7) is 1.62. The first kappa shape index (κ1) is 16.6. The van der Waals surface area contributed by atoms with Crippen LogP contribution in [-0.4, -0.2) is 60.4 Å². The molecule has 1 amide bonds. The zero-order valence-electron chi connectivity index (χ0n) is 14.3. The van der Waals surface area contributed by atoms with E-state index in [1.54, 1.807) is 4.31 Å². The second-order valence-corrected chi connectivity index (χ2v) is 9.24. The van der Waals surface area contributed by atoms with Gasteiger partial charge in [-0.1, -0.05) is 18.2 Å². The minimum atomic E-state index is -3.21. The molecule has 25 heavy (non-hydrogen) atoms. The van der Waals surface area contributed by atoms with Crippen molar-refractivity contribution in [2.75, 3.05) is 25.9 Å². The molecule has 3 saturated heterocycles. The molecule has 2 atom stereocenters. The molecule has 0 spiro atoms. The Morgan fingerprint density at radius 3 is 2.80 bits per heavy atom. The lowest BCUT2D eigenvalue weighted by Crippen LogP contribution is -2.48. The number of fused-ring (bicyclic) bond motifs is 5. The zero-order chi connectivity index (χ0) is 17.6. The van der Waals surface area contributed by atoms with Gasteiger partial charge in [-0.25, -0.2) is 8.42 Å². The Balaban J connectivity index is 1.55. The molecule has 0 aliphatic carbocycles. The van der Waals surface area contributed by atoms with Crippen LogP contribution < -0.4 is 0 Å². The number of rotatable bonds is 3. The lowest BCUT2D eigenvalue weighted by Gasteiger charge is -2.36. The van der Waals surface area contributed by atoms with Gasteiger partial charge in [0.2, 0.25) is 15.9 Å². The van der Waals surface area contributed by atoms with Crippen molar-refractivity contribution in [3.8, 4) is 0 Å². The van der Waals surface area contributed by atoms with E-state index in [1.807, 2.05) is 35.4 Å². The van der Waals surface area contributed by atoms with Gasteiger partial charge >= 0.3 is 0 Å². The van der Waals surface area contributed by atoms with Gasteiger partial charge in [0.15, 0.2) is 0 Å². The number of H-pyrrole nitrogens is 1. The van der Waals surface area contributed by atoms with E-state index in [9.17, 15) is 13.2 Å². The smallest absolute Gasteiger partial charge is 0.227 e. The van der Waals surface area contributed by atoms with Crippen molar-refractivity contribution in [3.63, 3.8) is 0 Å². The third-order valence-corrected chi connectivity index (χ3v) is 6.72. The molecule has 1 aromatic heterocycles. The number of piperidine rings is 1. The number of carbonyl (C=O) groups is 1. The quantitative estimate of drug-likeness (QED) is 0.902. The molecule has 7 heteroatoms. The van der Waals surface area contributed by atoms with Crippen LogP contribution in [0.4, 0.5) is 0 Å². The van der Waals surface area contributed by atoms with E-state index < -0.39 is 10.0 Å². The number of benzene rings is 1. The maximum absolute atomic E-state index is 13.0. The van der Waals surface area contributed by atoms with Crippen molar-refractivity contribution >= 4 is 26.8 Å². The average Bonchev–Trinajstić information content (AvgIpc) is 2.76. The molecule has 2 aromatic rings. The van der Waals surface area contributed by atoms with Gasteiger partial charge in [-0.2, -0.15) is 4.31 Å². The fourth-order valence-electron chi connectivity index (χ4n) is 4.16. The van der Waals surface area contributed by atoms with Crippen LogP contribution in [0.25, 0.3) is 10.9 Å². The van der Waals surface area contributed by atoms with Gasteiger partial charge in [-0.15, -0.1) is 0 Å². The lowest BCUT2D eigenvalue weighted by molar-refractivity contribution is -0.134. The molecule has 4 heterocycles. The summed E-state index contributed by atoms with van der Waals surface area (Å²) in [5.41, 5.74) is 2.03. The van der Waals surface area contributed by atoms with E-state index >= 15 is 0 Å². The Morgan fingerprint density at radius 1 is 1.20 bits per heavy atom. The van der Waals surface area contributed by atoms with E-state index in [2.05, 4.69) is 4.98 Å². The largest absolute Gasteiger partial charge is 0.361 e. The minimum Gasteiger partial charge on any atom is -0.361 e. The van der Waals surface area contributed by atoms with E-state index in [4.69, 9.17) is 0 Å². The molecule has 0 radical (unpaired) electrons. The first-order valence-corrected chi connectivity index (χ1v) is 10.6. The van der Waals surface area contributed by atoms with Crippen LogP contribution in [0.3, 0.4) is 0 Å². The normalized spacial score (nSPS) is 24.6. The Labute approximate surface area is 147 Å². The summed E-state index contributed by atoms with van der Waals surface area (Å²) in [6, 6.07) is 7.96. The monoisotopic (exact) mass is 361 g/mol. The zero-order valence-corrected chi connectivity index (χ0v) is 15.1. The van der Waals surface area contributed by atoms with E-state index in [1.165, 1.54) is 6.26 Å². The molecule has 5 rings (SSSR count). The van der Waals surface area contributed by atoms with Gasteiger partial charge in [0, 0.05) is 42.8 Å². The van der Waals surface area contributed by atoms with Crippen molar-refractivity contribution in [1.82, 2.24) is 14.2 Å². The summed E-state index contributed by atoms with van der Waals surface area (Å²) in [7, 11) is -3.21. The second-order valence-electron chi connectivity index (χ2n) is 7.26. The van der Waals surface area contributed by atoms with Gasteiger partial charge in [0.1, 0.15) is 0 Å². The van der Waals surface area contributed by atoms with Crippen LogP contribution in [0.2, 0.25) is 0 Å². The van der Waals surface area contributed by atoms with Crippen LogP contribution in [0, 0.1) is 5.92 Å². The summed E-state index contributed by atoms with van der Waals surface area (Å²) in [5, 5.41) is 1.08. The number of carbonyl (C=O) groups excluding carboxylic acids is 1. The maximum atomic E-state index is 13.0. The summed E-state index contributed by atoms with van der Waals surface area (Å²) >= 11 is 0. The van der Waals surface area contributed by atoms with Crippen LogP contribution in [-0.2, 0) is 21.2 Å². The Bertz CT molecular complexity index is 905. The average molecular weight is 361 g/mol. The predicted molar refractivity (Wildman–Crippen MR) is 96.6 cm³/mol. The van der Waals surface area contributed by atoms with Crippen LogP contribution in [0.5, 0.6) is 0 Å². The number of nitrogens with one attached hydrogen (secondary N) is 1. The Kier molecular flexibility index (Phi) is 4.08. The lowest BCUT2D eigenvalue weighted by atomic mass is 9.94. The fraction of sp³-hybridized carbons (Fsp3) is 0.500. The van der Waals surface area contributed by atoms with Gasteiger partial charge in [-0.3, -0.25) is 4.79 Å². The summed E-state index contributed by atoms with van der Waals surface area (Å²) in [4.78, 5) is 18.1. The molecule has 3 aliphatic heterocycles. The van der Waals surface area contributed by atoms with Crippen LogP contribution in [0.1, 0.15) is 18.4 Å². The highest BCUT2D eigenvalue weighted by Crippen LogP contribution is 2.30. The SMILES string of the molecule is CS(=O)(=O)N1C[C@@H]2CC[C@H](C1)N(C(=O)Cc1c[nH]c3ccccc13)C2. The maximum Gasteiger partial charge on any atom is 0.227 e. The van der Waals surface area contributed by atoms with E-state index in [0.29, 0.717) is 26.1 Å². The van der Waals surface area contributed by atoms with E-state index in [-0.39, 0.29) is 17.9 Å². The van der Waals surface area contributed by atoms with E-state index in [0.717, 1.165) is 29.3 Å². The van der Waals surface area contributed by atoms with Crippen molar-refractivity contribution < 1.29 is 13.2 Å². The number of para-hydroxylation sites is 1. The van der Waals surface area contributed by atoms with Crippen LogP contribution in [0.15, 0.2) is 30.5 Å². The van der Waals surface area contributed by atoms with Crippen molar-refractivity contribution in [3.05, 3.63) is 36.0 Å². The molecule has 0 saturated carbocycles. The first-order chi connectivity index (χ1) is 11.9. The van der Waals surface area contributed by atoms with Gasteiger partial charge in [0.25, 0.3) is 0 Å². The van der Waals surface area contributed by atoms with Crippen molar-refractivity contribution in [2.24, 2.45) is 5.92 Å².